The predicted molar refractivity (Wildman–Crippen MR) is 227 cm³/mol. The highest BCUT2D eigenvalue weighted by Gasteiger charge is 2.46. The van der Waals surface area contributed by atoms with Crippen LogP contribution in [0.1, 0.15) is 63.5 Å². The summed E-state index contributed by atoms with van der Waals surface area (Å²) in [6.07, 6.45) is 3.23. The van der Waals surface area contributed by atoms with Gasteiger partial charge in [-0.1, -0.05) is 62.4 Å². The van der Waals surface area contributed by atoms with Crippen LogP contribution in [0.25, 0.3) is 33.4 Å². The number of carbonyl (C=O) groups is 5. The molecule has 8 rings (SSSR count). The molecule has 3 fully saturated rings. The Morgan fingerprint density at radius 1 is 0.689 bits per heavy atom. The van der Waals surface area contributed by atoms with Gasteiger partial charge in [-0.25, -0.2) is 4.79 Å². The summed E-state index contributed by atoms with van der Waals surface area (Å²) < 4.78 is 37.7. The number of fused-ring (bicyclic) bond motifs is 3. The molecule has 2 saturated heterocycles. The van der Waals surface area contributed by atoms with E-state index in [0.29, 0.717) is 83.5 Å². The molecule has 5 N–H and O–H groups in total. The van der Waals surface area contributed by atoms with Crippen LogP contribution in [0.4, 0.5) is 25.0 Å². The van der Waals surface area contributed by atoms with Crippen molar-refractivity contribution in [1.29, 1.82) is 0 Å². The number of alkyl carbamates (subject to hydrolysis) is 1. The highest BCUT2D eigenvalue weighted by molar-refractivity contribution is 6.00. The van der Waals surface area contributed by atoms with Crippen LogP contribution in [0.2, 0.25) is 0 Å². The molecule has 0 spiro atoms. The summed E-state index contributed by atoms with van der Waals surface area (Å²) in [5.74, 6) is -4.62. The maximum Gasteiger partial charge on any atom is 0.407 e. The second-order valence-electron chi connectivity index (χ2n) is 16.8. The largest absolute Gasteiger partial charge is 0.453 e. The van der Waals surface area contributed by atoms with E-state index in [1.807, 2.05) is 13.8 Å². The number of nitrogens with one attached hydrogen (secondary N) is 3. The third kappa shape index (κ3) is 8.20. The third-order valence-electron chi connectivity index (χ3n) is 12.4. The van der Waals surface area contributed by atoms with Crippen molar-refractivity contribution in [2.75, 3.05) is 30.8 Å². The maximum atomic E-state index is 16.5. The van der Waals surface area contributed by atoms with Crippen molar-refractivity contribution in [2.45, 2.75) is 82.5 Å². The number of likely N-dealkylation sites (tertiary alicyclic amines) is 2. The van der Waals surface area contributed by atoms with Gasteiger partial charge in [0.05, 0.1) is 13.2 Å². The van der Waals surface area contributed by atoms with Gasteiger partial charge in [-0.15, -0.1) is 0 Å². The molecule has 2 aliphatic heterocycles. The van der Waals surface area contributed by atoms with Gasteiger partial charge in [-0.2, -0.15) is 8.78 Å². The zero-order chi connectivity index (χ0) is 43.2. The molecule has 2 aliphatic carbocycles. The number of hydrogen-bond acceptors (Lipinski definition) is 7. The molecule has 0 radical (unpaired) electrons. The summed E-state index contributed by atoms with van der Waals surface area (Å²) in [5, 5.41) is 8.49. The minimum atomic E-state index is -3.32. The molecule has 5 amide bonds. The first-order valence-electron chi connectivity index (χ1n) is 21.0. The molecule has 0 aromatic heterocycles. The van der Waals surface area contributed by atoms with Crippen LogP contribution in [0.5, 0.6) is 0 Å². The fourth-order valence-corrected chi connectivity index (χ4v) is 8.84. The fraction of sp³-hybridized carbons (Fsp3) is 0.383. The normalized spacial score (nSPS) is 19.8. The molecule has 2 heterocycles. The van der Waals surface area contributed by atoms with Gasteiger partial charge in [0.25, 0.3) is 5.92 Å². The Hall–Kier alpha value is -6.15. The highest BCUT2D eigenvalue weighted by atomic mass is 19.3. The third-order valence-corrected chi connectivity index (χ3v) is 12.4. The van der Waals surface area contributed by atoms with Crippen LogP contribution in [-0.2, 0) is 29.8 Å². The van der Waals surface area contributed by atoms with Gasteiger partial charge in [0.15, 0.2) is 0 Å². The number of carbonyl (C=O) groups excluding carboxylic acids is 5. The first-order valence-corrected chi connectivity index (χ1v) is 21.0. The van der Waals surface area contributed by atoms with E-state index in [1.165, 1.54) is 24.1 Å². The number of methoxy groups -OCH3 is 1. The molecule has 4 aliphatic rings. The van der Waals surface area contributed by atoms with Crippen LogP contribution in [0.3, 0.4) is 0 Å². The van der Waals surface area contributed by atoms with Crippen molar-refractivity contribution in [3.63, 3.8) is 0 Å². The zero-order valence-corrected chi connectivity index (χ0v) is 34.4. The SMILES string of the molecule is COC(=O)N[C@H](C(=O)N1CCC[C@H]1C(=O)Nc1cccc(-c2ccc3c(c2)C(F)(F)c2cc(-c4cccc(NC(=O)[C@@H]5CCCN5C(=O)C(N)C(C)C)c4)ccc2-3)c1)C1CC1. The summed E-state index contributed by atoms with van der Waals surface area (Å²) in [7, 11) is 1.24. The van der Waals surface area contributed by atoms with E-state index in [-0.39, 0.29) is 46.6 Å². The van der Waals surface area contributed by atoms with Crippen LogP contribution in [0.15, 0.2) is 84.9 Å². The molecule has 12 nitrogen and oxygen atoms in total. The standard InChI is InChI=1S/C47H50F2N6O6/c1-26(2)40(50)44(58)54-20-6-12-38(54)42(56)51-32-10-4-8-28(22-32)30-16-18-34-35-19-17-31(25-37(35)47(48,49)36(34)24-30)29-9-5-11-33(23-29)52-43(57)39-13-7-21-55(39)45(59)41(27-14-15-27)53-46(60)61-3/h4-5,8-11,16-19,22-27,38-41H,6-7,12-15,20-21,50H2,1-3H3,(H,51,56)(H,52,57)(H,53,60)/t38-,39-,40?,41-/m0/s1. The van der Waals surface area contributed by atoms with Crippen LogP contribution >= 0.6 is 0 Å². The Bertz CT molecular complexity index is 2400. The molecule has 4 aromatic rings. The first kappa shape index (κ1) is 41.6. The van der Waals surface area contributed by atoms with Crippen molar-refractivity contribution in [3.05, 3.63) is 96.1 Å². The van der Waals surface area contributed by atoms with Gasteiger partial charge in [-0.3, -0.25) is 19.2 Å². The van der Waals surface area contributed by atoms with Gasteiger partial charge in [-0.05, 0) is 120 Å². The molecule has 61 heavy (non-hydrogen) atoms. The Labute approximate surface area is 353 Å². The second kappa shape index (κ2) is 16.7. The van der Waals surface area contributed by atoms with Crippen LogP contribution in [0, 0.1) is 11.8 Å². The number of anilines is 2. The summed E-state index contributed by atoms with van der Waals surface area (Å²) in [6.45, 7) is 4.58. The molecule has 0 bridgehead atoms. The van der Waals surface area contributed by atoms with E-state index in [0.717, 1.165) is 12.8 Å². The number of halogens is 2. The summed E-state index contributed by atoms with van der Waals surface area (Å²) in [5.41, 5.74) is 10.00. The van der Waals surface area contributed by atoms with Crippen molar-refractivity contribution in [1.82, 2.24) is 15.1 Å². The van der Waals surface area contributed by atoms with E-state index in [9.17, 15) is 24.0 Å². The number of nitrogens with two attached hydrogens (primary N) is 1. The number of benzene rings is 4. The lowest BCUT2D eigenvalue weighted by molar-refractivity contribution is -0.138. The van der Waals surface area contributed by atoms with Gasteiger partial charge < -0.3 is 36.2 Å². The van der Waals surface area contributed by atoms with Crippen molar-refractivity contribution in [3.8, 4) is 33.4 Å². The number of alkyl halides is 2. The van der Waals surface area contributed by atoms with Crippen LogP contribution in [-0.4, -0.2) is 83.9 Å². The van der Waals surface area contributed by atoms with Gasteiger partial charge >= 0.3 is 6.09 Å². The highest BCUT2D eigenvalue weighted by Crippen LogP contribution is 2.53. The minimum Gasteiger partial charge on any atom is -0.453 e. The van der Waals surface area contributed by atoms with Crippen molar-refractivity contribution in [2.24, 2.45) is 17.6 Å². The predicted octanol–water partition coefficient (Wildman–Crippen LogP) is 7.12. The zero-order valence-electron chi connectivity index (χ0n) is 34.4. The molecule has 4 atom stereocenters. The fourth-order valence-electron chi connectivity index (χ4n) is 8.84. The Kier molecular flexibility index (Phi) is 11.4. The summed E-state index contributed by atoms with van der Waals surface area (Å²) >= 11 is 0. The molecular formula is C47H50F2N6O6. The van der Waals surface area contributed by atoms with Crippen molar-refractivity contribution >= 4 is 41.1 Å². The monoisotopic (exact) mass is 832 g/mol. The van der Waals surface area contributed by atoms with Gasteiger partial charge in [0.1, 0.15) is 18.1 Å². The van der Waals surface area contributed by atoms with E-state index in [2.05, 4.69) is 16.0 Å². The van der Waals surface area contributed by atoms with E-state index in [4.69, 9.17) is 10.5 Å². The van der Waals surface area contributed by atoms with Crippen LogP contribution < -0.4 is 21.7 Å². The number of ether oxygens (including phenoxy) is 1. The smallest absolute Gasteiger partial charge is 0.407 e. The van der Waals surface area contributed by atoms with Gasteiger partial charge in [0.2, 0.25) is 23.6 Å². The lowest BCUT2D eigenvalue weighted by Crippen LogP contribution is -2.53. The van der Waals surface area contributed by atoms with Gasteiger partial charge in [0, 0.05) is 35.6 Å². The Morgan fingerprint density at radius 3 is 1.62 bits per heavy atom. The van der Waals surface area contributed by atoms with Crippen molar-refractivity contribution < 1.29 is 37.5 Å². The number of nitrogens with zero attached hydrogens (tertiary/aromatic N) is 2. The number of rotatable bonds is 11. The molecule has 14 heteroatoms. The average Bonchev–Trinajstić information content (AvgIpc) is 3.66. The molecule has 318 valence electrons. The number of amides is 5. The average molecular weight is 833 g/mol. The molecule has 4 aromatic carbocycles. The Morgan fingerprint density at radius 2 is 1.16 bits per heavy atom. The second-order valence-corrected chi connectivity index (χ2v) is 16.8. The van der Waals surface area contributed by atoms with E-state index < -0.39 is 36.2 Å². The summed E-state index contributed by atoms with van der Waals surface area (Å²) in [6, 6.07) is 21.1. The van der Waals surface area contributed by atoms with E-state index >= 15 is 8.78 Å². The quantitative estimate of drug-likeness (QED) is 0.125. The lowest BCUT2D eigenvalue weighted by Gasteiger charge is -2.28. The maximum absolute atomic E-state index is 16.5. The minimum absolute atomic E-state index is 0.00386. The Balaban J connectivity index is 0.964. The topological polar surface area (TPSA) is 163 Å². The molecule has 1 unspecified atom stereocenters. The number of hydrogen-bond donors (Lipinski definition) is 4. The molecule has 1 saturated carbocycles. The first-order chi connectivity index (χ1) is 29.2. The lowest BCUT2D eigenvalue weighted by atomic mass is 9.97. The molecular weight excluding hydrogens is 783 g/mol. The summed E-state index contributed by atoms with van der Waals surface area (Å²) in [4.78, 5) is 68.6. The van der Waals surface area contributed by atoms with E-state index in [1.54, 1.807) is 77.7 Å².